The zero-order valence-corrected chi connectivity index (χ0v) is 26.0. The summed E-state index contributed by atoms with van der Waals surface area (Å²) in [4.78, 5) is 12.9. The van der Waals surface area contributed by atoms with Crippen molar-refractivity contribution in [3.05, 3.63) is 107 Å². The van der Waals surface area contributed by atoms with E-state index in [0.29, 0.717) is 41.0 Å². The van der Waals surface area contributed by atoms with Crippen LogP contribution in [-0.4, -0.2) is 47.9 Å². The first-order chi connectivity index (χ1) is 21.2. The zero-order chi connectivity index (χ0) is 31.5. The van der Waals surface area contributed by atoms with Crippen LogP contribution in [0.15, 0.2) is 101 Å². The van der Waals surface area contributed by atoms with Gasteiger partial charge in [-0.2, -0.15) is 5.10 Å². The molecule has 44 heavy (non-hydrogen) atoms. The van der Waals surface area contributed by atoms with Crippen molar-refractivity contribution in [3.63, 3.8) is 0 Å². The summed E-state index contributed by atoms with van der Waals surface area (Å²) in [6, 6.07) is 25.1. The molecule has 0 aliphatic heterocycles. The number of hydrogen-bond acceptors (Lipinski definition) is 8. The van der Waals surface area contributed by atoms with Gasteiger partial charge in [0.15, 0.2) is 11.5 Å². The van der Waals surface area contributed by atoms with Gasteiger partial charge in [0.2, 0.25) is 0 Å². The number of carbonyl (C=O) groups excluding carboxylic acids is 1. The Hall–Kier alpha value is -4.74. The summed E-state index contributed by atoms with van der Waals surface area (Å²) in [5.41, 5.74) is 4.22. The van der Waals surface area contributed by atoms with Gasteiger partial charge in [-0.05, 0) is 79.2 Å². The third-order valence-corrected chi connectivity index (χ3v) is 8.44. The average Bonchev–Trinajstić information content (AvgIpc) is 3.04. The summed E-state index contributed by atoms with van der Waals surface area (Å²) in [6.45, 7) is 2.07. The molecule has 0 spiro atoms. The van der Waals surface area contributed by atoms with E-state index in [4.69, 9.17) is 30.5 Å². The fraction of sp³-hybridized carbons (Fsp3) is 0.188. The largest absolute Gasteiger partial charge is 0.494 e. The minimum absolute atomic E-state index is 0.0859. The summed E-state index contributed by atoms with van der Waals surface area (Å²) >= 11 is 6.18. The summed E-state index contributed by atoms with van der Waals surface area (Å²) in [6.07, 6.45) is 1.44. The van der Waals surface area contributed by atoms with E-state index in [-0.39, 0.29) is 16.3 Å². The first-order valence-electron chi connectivity index (χ1n) is 13.5. The van der Waals surface area contributed by atoms with E-state index in [9.17, 15) is 13.2 Å². The molecule has 0 fully saturated rings. The van der Waals surface area contributed by atoms with Crippen molar-refractivity contribution in [2.45, 2.75) is 18.4 Å². The smallest absolute Gasteiger partial charge is 0.264 e. The predicted molar refractivity (Wildman–Crippen MR) is 170 cm³/mol. The Kier molecular flexibility index (Phi) is 11.1. The van der Waals surface area contributed by atoms with Gasteiger partial charge >= 0.3 is 0 Å². The number of hydrogen-bond donors (Lipinski definition) is 1. The SMILES string of the molecule is CCOc1ccc(N(CC(=O)N/N=C\c2ccc(OCc3ccccc3Cl)cc2)S(=O)(=O)c2ccc(OC)c(OC)c2)cc1. The number of methoxy groups -OCH3 is 2. The van der Waals surface area contributed by atoms with Crippen LogP contribution in [0.1, 0.15) is 18.1 Å². The summed E-state index contributed by atoms with van der Waals surface area (Å²) in [5, 5.41) is 4.63. The molecule has 0 aliphatic carbocycles. The molecule has 0 aliphatic rings. The Morgan fingerprint density at radius 1 is 0.886 bits per heavy atom. The quantitative estimate of drug-likeness (QED) is 0.140. The molecule has 0 saturated carbocycles. The zero-order valence-electron chi connectivity index (χ0n) is 24.4. The second-order valence-electron chi connectivity index (χ2n) is 9.20. The van der Waals surface area contributed by atoms with Gasteiger partial charge in [-0.15, -0.1) is 0 Å². The molecule has 0 atom stereocenters. The van der Waals surface area contributed by atoms with Crippen LogP contribution >= 0.6 is 11.6 Å². The van der Waals surface area contributed by atoms with Gasteiger partial charge in [-0.1, -0.05) is 29.8 Å². The third kappa shape index (κ3) is 8.21. The van der Waals surface area contributed by atoms with Gasteiger partial charge in [0, 0.05) is 16.7 Å². The van der Waals surface area contributed by atoms with Gasteiger partial charge < -0.3 is 18.9 Å². The van der Waals surface area contributed by atoms with Crippen LogP contribution < -0.4 is 28.7 Å². The lowest BCUT2D eigenvalue weighted by atomic mass is 10.2. The highest BCUT2D eigenvalue weighted by Gasteiger charge is 2.28. The van der Waals surface area contributed by atoms with E-state index >= 15 is 0 Å². The molecular formula is C32H32ClN3O7S. The van der Waals surface area contributed by atoms with Crippen LogP contribution in [0.4, 0.5) is 5.69 Å². The number of hydrazone groups is 1. The number of nitrogens with zero attached hydrogens (tertiary/aromatic N) is 2. The first kappa shape index (κ1) is 32.2. The molecule has 4 rings (SSSR count). The monoisotopic (exact) mass is 637 g/mol. The molecule has 0 radical (unpaired) electrons. The molecule has 4 aromatic rings. The topological polar surface area (TPSA) is 116 Å². The van der Waals surface area contributed by atoms with Gasteiger partial charge in [0.25, 0.3) is 15.9 Å². The van der Waals surface area contributed by atoms with Crippen molar-refractivity contribution in [2.24, 2.45) is 5.10 Å². The van der Waals surface area contributed by atoms with Crippen LogP contribution in [0.3, 0.4) is 0 Å². The van der Waals surface area contributed by atoms with Crippen molar-refractivity contribution < 1.29 is 32.2 Å². The highest BCUT2D eigenvalue weighted by Crippen LogP contribution is 2.32. The average molecular weight is 638 g/mol. The van der Waals surface area contributed by atoms with Crippen LogP contribution in [0, 0.1) is 0 Å². The van der Waals surface area contributed by atoms with Crippen molar-refractivity contribution in [3.8, 4) is 23.0 Å². The molecule has 0 bridgehead atoms. The highest BCUT2D eigenvalue weighted by molar-refractivity contribution is 7.92. The first-order valence-corrected chi connectivity index (χ1v) is 15.3. The maximum Gasteiger partial charge on any atom is 0.264 e. The third-order valence-electron chi connectivity index (χ3n) is 6.30. The van der Waals surface area contributed by atoms with Crippen LogP contribution in [0.5, 0.6) is 23.0 Å². The molecule has 12 heteroatoms. The molecule has 1 N–H and O–H groups in total. The summed E-state index contributed by atoms with van der Waals surface area (Å²) in [5.74, 6) is 1.14. The van der Waals surface area contributed by atoms with E-state index in [0.717, 1.165) is 9.87 Å². The fourth-order valence-corrected chi connectivity index (χ4v) is 5.69. The van der Waals surface area contributed by atoms with Crippen LogP contribution in [0.25, 0.3) is 0 Å². The standard InChI is InChI=1S/C32H32ClN3O7S/c1-4-42-26-15-11-25(12-16-26)36(44(38,39)28-17-18-30(40-2)31(19-28)41-3)21-32(37)35-34-20-23-9-13-27(14-10-23)43-22-24-7-5-6-8-29(24)33/h5-20H,4,21-22H2,1-3H3,(H,35,37)/b34-20-. The number of ether oxygens (including phenoxy) is 4. The minimum Gasteiger partial charge on any atom is -0.494 e. The lowest BCUT2D eigenvalue weighted by Gasteiger charge is -2.24. The van der Waals surface area contributed by atoms with Crippen LogP contribution in [-0.2, 0) is 21.4 Å². The number of carbonyl (C=O) groups is 1. The van der Waals surface area contributed by atoms with Gasteiger partial charge in [-0.3, -0.25) is 9.10 Å². The van der Waals surface area contributed by atoms with Gasteiger partial charge in [0.05, 0.1) is 37.6 Å². The second kappa shape index (κ2) is 15.1. The molecule has 0 aromatic heterocycles. The van der Waals surface area contributed by atoms with Crippen molar-refractivity contribution in [1.29, 1.82) is 0 Å². The summed E-state index contributed by atoms with van der Waals surface area (Å²) < 4.78 is 50.4. The lowest BCUT2D eigenvalue weighted by Crippen LogP contribution is -2.39. The molecular weight excluding hydrogens is 606 g/mol. The Balaban J connectivity index is 1.47. The number of halogens is 1. The number of rotatable bonds is 14. The van der Waals surface area contributed by atoms with Crippen molar-refractivity contribution >= 4 is 39.4 Å². The van der Waals surface area contributed by atoms with E-state index in [1.165, 1.54) is 38.6 Å². The van der Waals surface area contributed by atoms with Crippen molar-refractivity contribution in [1.82, 2.24) is 5.43 Å². The molecule has 0 heterocycles. The number of nitrogens with one attached hydrogen (secondary N) is 1. The maximum absolute atomic E-state index is 13.8. The normalized spacial score (nSPS) is 11.2. The van der Waals surface area contributed by atoms with E-state index in [1.807, 2.05) is 25.1 Å². The minimum atomic E-state index is -4.22. The molecule has 1 amide bonds. The Morgan fingerprint density at radius 2 is 1.55 bits per heavy atom. The lowest BCUT2D eigenvalue weighted by molar-refractivity contribution is -0.119. The Morgan fingerprint density at radius 3 is 2.20 bits per heavy atom. The summed E-state index contributed by atoms with van der Waals surface area (Å²) in [7, 11) is -1.36. The second-order valence-corrected chi connectivity index (χ2v) is 11.5. The fourth-order valence-electron chi connectivity index (χ4n) is 4.07. The van der Waals surface area contributed by atoms with Crippen LogP contribution in [0.2, 0.25) is 5.02 Å². The number of benzene rings is 4. The highest BCUT2D eigenvalue weighted by atomic mass is 35.5. The van der Waals surface area contributed by atoms with E-state index < -0.39 is 22.5 Å². The molecule has 0 saturated heterocycles. The molecule has 4 aromatic carbocycles. The van der Waals surface area contributed by atoms with Crippen molar-refractivity contribution in [2.75, 3.05) is 31.7 Å². The van der Waals surface area contributed by atoms with E-state index in [1.54, 1.807) is 54.6 Å². The molecule has 230 valence electrons. The maximum atomic E-state index is 13.8. The van der Waals surface area contributed by atoms with Gasteiger partial charge in [-0.25, -0.2) is 13.8 Å². The Labute approximate surface area is 261 Å². The number of sulfonamides is 1. The molecule has 0 unspecified atom stereocenters. The predicted octanol–water partition coefficient (Wildman–Crippen LogP) is 5.68. The molecule has 10 nitrogen and oxygen atoms in total. The number of amides is 1. The van der Waals surface area contributed by atoms with Gasteiger partial charge in [0.1, 0.15) is 24.7 Å². The Bertz CT molecular complexity index is 1700. The number of anilines is 1. The van der Waals surface area contributed by atoms with E-state index in [2.05, 4.69) is 10.5 Å².